The Labute approximate surface area is 94.8 Å². The van der Waals surface area contributed by atoms with Gasteiger partial charge in [-0.05, 0) is 13.0 Å². The molecule has 0 N–H and O–H groups in total. The zero-order chi connectivity index (χ0) is 12.0. The number of hydrogen-bond acceptors (Lipinski definition) is 2. The van der Waals surface area contributed by atoms with Gasteiger partial charge in [0.25, 0.3) is 0 Å². The summed E-state index contributed by atoms with van der Waals surface area (Å²) in [4.78, 5) is 16.2. The molecule has 16 heavy (non-hydrogen) atoms. The van der Waals surface area contributed by atoms with Crippen molar-refractivity contribution in [2.45, 2.75) is 13.8 Å². The molecule has 0 aromatic heterocycles. The van der Waals surface area contributed by atoms with Gasteiger partial charge in [0.1, 0.15) is 5.69 Å². The molecule has 82 valence electrons. The van der Waals surface area contributed by atoms with Crippen LogP contribution in [0, 0.1) is 5.39 Å². The fraction of sp³-hybridized carbons (Fsp3) is 0.250. The van der Waals surface area contributed by atoms with Gasteiger partial charge in [0, 0.05) is 19.5 Å². The average molecular weight is 216 g/mol. The lowest BCUT2D eigenvalue weighted by atomic mass is 10.2. The molecule has 0 atom stereocenters. The Balaban J connectivity index is 3.11. The van der Waals surface area contributed by atoms with E-state index in [1.807, 2.05) is 19.1 Å². The second-order valence-electron chi connectivity index (χ2n) is 3.29. The van der Waals surface area contributed by atoms with Crippen molar-refractivity contribution < 1.29 is 4.79 Å². The molecule has 0 radical (unpaired) electrons. The minimum atomic E-state index is -0.0887. The molecule has 0 unspecified atom stereocenters. The number of rotatable bonds is 3. The number of benzene rings is 1. The second-order valence-corrected chi connectivity index (χ2v) is 3.29. The molecular formula is C12H14N3O+. The lowest BCUT2D eigenvalue weighted by Gasteiger charge is -2.17. The number of para-hydroxylation sites is 1. The van der Waals surface area contributed by atoms with Gasteiger partial charge in [0.05, 0.1) is 0 Å². The molecule has 0 heterocycles. The molecular weight excluding hydrogens is 202 g/mol. The van der Waals surface area contributed by atoms with Crippen LogP contribution in [0.1, 0.15) is 13.8 Å². The van der Waals surface area contributed by atoms with Gasteiger partial charge in [-0.3, -0.25) is 4.79 Å². The van der Waals surface area contributed by atoms with Crippen LogP contribution in [0.15, 0.2) is 36.4 Å². The first-order valence-electron chi connectivity index (χ1n) is 5.04. The lowest BCUT2D eigenvalue weighted by molar-refractivity contribution is -0.116. The molecule has 0 aliphatic rings. The van der Waals surface area contributed by atoms with E-state index >= 15 is 0 Å². The van der Waals surface area contributed by atoms with Crippen LogP contribution in [0.3, 0.4) is 0 Å². The maximum absolute atomic E-state index is 11.5. The average Bonchev–Trinajstić information content (AvgIpc) is 2.29. The molecule has 0 fully saturated rings. The van der Waals surface area contributed by atoms with Crippen LogP contribution in [0.25, 0.3) is 4.98 Å². The van der Waals surface area contributed by atoms with Crippen molar-refractivity contribution in [2.24, 2.45) is 0 Å². The van der Waals surface area contributed by atoms with Crippen LogP contribution in [0.5, 0.6) is 0 Å². The van der Waals surface area contributed by atoms with Crippen molar-refractivity contribution in [2.75, 3.05) is 11.4 Å². The molecule has 1 rings (SSSR count). The van der Waals surface area contributed by atoms with E-state index in [2.05, 4.69) is 4.98 Å². The Morgan fingerprint density at radius 2 is 2.19 bits per heavy atom. The van der Waals surface area contributed by atoms with Crippen LogP contribution >= 0.6 is 0 Å². The maximum atomic E-state index is 11.5. The Bertz CT molecular complexity index is 446. The first kappa shape index (κ1) is 11.9. The van der Waals surface area contributed by atoms with Gasteiger partial charge in [0.15, 0.2) is 4.98 Å². The monoisotopic (exact) mass is 216 g/mol. The first-order chi connectivity index (χ1) is 7.70. The highest BCUT2D eigenvalue weighted by Gasteiger charge is 2.20. The highest BCUT2D eigenvalue weighted by atomic mass is 16.2. The number of carbonyl (C=O) groups excluding carboxylic acids is 1. The van der Waals surface area contributed by atoms with E-state index in [0.717, 1.165) is 0 Å². The molecule has 0 bridgehead atoms. The summed E-state index contributed by atoms with van der Waals surface area (Å²) in [6.45, 7) is 3.84. The standard InChI is InChI=1S/C12H14N3O/c1-3-4-9-15(10(2)16)12-8-6-5-7-11(12)14-13/h3-8H,9H2,1-2H3/q+1/b4-3+. The van der Waals surface area contributed by atoms with Crippen molar-refractivity contribution in [3.8, 4) is 0 Å². The van der Waals surface area contributed by atoms with E-state index in [4.69, 9.17) is 5.39 Å². The number of carbonyl (C=O) groups is 1. The van der Waals surface area contributed by atoms with Crippen LogP contribution in [-0.2, 0) is 4.79 Å². The number of allylic oxidation sites excluding steroid dienone is 1. The Morgan fingerprint density at radius 1 is 1.50 bits per heavy atom. The first-order valence-corrected chi connectivity index (χ1v) is 5.04. The molecule has 1 aromatic carbocycles. The molecule has 4 nitrogen and oxygen atoms in total. The SMILES string of the molecule is C/C=C/CN(C(C)=O)c1ccccc1[N+]#N. The maximum Gasteiger partial charge on any atom is 0.408 e. The fourth-order valence-corrected chi connectivity index (χ4v) is 1.38. The summed E-state index contributed by atoms with van der Waals surface area (Å²) < 4.78 is 0. The molecule has 4 heteroatoms. The van der Waals surface area contributed by atoms with Gasteiger partial charge in [-0.25, -0.2) is 0 Å². The summed E-state index contributed by atoms with van der Waals surface area (Å²) in [5.41, 5.74) is 0.998. The summed E-state index contributed by atoms with van der Waals surface area (Å²) in [5.74, 6) is -0.0887. The minimum absolute atomic E-state index is 0.0887. The van der Waals surface area contributed by atoms with Gasteiger partial charge >= 0.3 is 5.69 Å². The summed E-state index contributed by atoms with van der Waals surface area (Å²) in [6, 6.07) is 6.96. The smallest absolute Gasteiger partial charge is 0.302 e. The predicted octanol–water partition coefficient (Wildman–Crippen LogP) is 3.10. The van der Waals surface area contributed by atoms with Gasteiger partial charge < -0.3 is 4.90 Å². The van der Waals surface area contributed by atoms with Crippen molar-refractivity contribution in [1.82, 2.24) is 0 Å². The van der Waals surface area contributed by atoms with E-state index in [1.165, 1.54) is 6.92 Å². The zero-order valence-corrected chi connectivity index (χ0v) is 9.42. The highest BCUT2D eigenvalue weighted by molar-refractivity contribution is 5.95. The molecule has 1 aromatic rings. The number of anilines is 1. The summed E-state index contributed by atoms with van der Waals surface area (Å²) in [5, 5.41) is 8.84. The van der Waals surface area contributed by atoms with Gasteiger partial charge in [-0.1, -0.05) is 24.3 Å². The molecule has 0 aliphatic carbocycles. The molecule has 0 spiro atoms. The van der Waals surface area contributed by atoms with Crippen molar-refractivity contribution in [1.29, 1.82) is 5.39 Å². The number of nitrogens with zero attached hydrogens (tertiary/aromatic N) is 3. The van der Waals surface area contributed by atoms with Crippen LogP contribution in [0.4, 0.5) is 11.4 Å². The highest BCUT2D eigenvalue weighted by Crippen LogP contribution is 2.28. The second kappa shape index (κ2) is 5.66. The minimum Gasteiger partial charge on any atom is -0.302 e. The Morgan fingerprint density at radius 3 is 2.75 bits per heavy atom. The van der Waals surface area contributed by atoms with Crippen molar-refractivity contribution >= 4 is 17.3 Å². The lowest BCUT2D eigenvalue weighted by Crippen LogP contribution is -2.28. The van der Waals surface area contributed by atoms with Crippen LogP contribution < -0.4 is 4.90 Å². The van der Waals surface area contributed by atoms with Gasteiger partial charge in [-0.2, -0.15) is 0 Å². The van der Waals surface area contributed by atoms with Crippen molar-refractivity contribution in [3.63, 3.8) is 0 Å². The zero-order valence-electron chi connectivity index (χ0n) is 9.42. The van der Waals surface area contributed by atoms with E-state index in [1.54, 1.807) is 29.2 Å². The summed E-state index contributed by atoms with van der Waals surface area (Å²) >= 11 is 0. The summed E-state index contributed by atoms with van der Waals surface area (Å²) in [6.07, 6.45) is 3.74. The largest absolute Gasteiger partial charge is 0.408 e. The van der Waals surface area contributed by atoms with Gasteiger partial charge in [-0.15, -0.1) is 0 Å². The van der Waals surface area contributed by atoms with Gasteiger partial charge in [0.2, 0.25) is 11.3 Å². The molecule has 0 saturated carbocycles. The summed E-state index contributed by atoms with van der Waals surface area (Å²) in [7, 11) is 0. The molecule has 0 aliphatic heterocycles. The van der Waals surface area contributed by atoms with E-state index in [-0.39, 0.29) is 5.91 Å². The third-order valence-corrected chi connectivity index (χ3v) is 2.18. The normalized spacial score (nSPS) is 10.1. The van der Waals surface area contributed by atoms with Crippen LogP contribution in [0.2, 0.25) is 0 Å². The topological polar surface area (TPSA) is 48.5 Å². The fourth-order valence-electron chi connectivity index (χ4n) is 1.38. The van der Waals surface area contributed by atoms with E-state index in [0.29, 0.717) is 17.9 Å². The van der Waals surface area contributed by atoms with E-state index in [9.17, 15) is 4.79 Å². The quantitative estimate of drug-likeness (QED) is 0.575. The number of hydrogen-bond donors (Lipinski definition) is 0. The third-order valence-electron chi connectivity index (χ3n) is 2.18. The Hall–Kier alpha value is -2.15. The van der Waals surface area contributed by atoms with E-state index < -0.39 is 0 Å². The number of amides is 1. The van der Waals surface area contributed by atoms with Crippen molar-refractivity contribution in [3.05, 3.63) is 41.4 Å². The molecule has 0 saturated heterocycles. The molecule has 1 amide bonds. The third kappa shape index (κ3) is 2.67. The Kier molecular flexibility index (Phi) is 4.22. The number of diazo groups is 1. The van der Waals surface area contributed by atoms with Crippen LogP contribution in [-0.4, -0.2) is 12.5 Å². The predicted molar refractivity (Wildman–Crippen MR) is 64.0 cm³/mol.